The molecule has 0 saturated heterocycles. The number of halogens is 5. The van der Waals surface area contributed by atoms with E-state index in [2.05, 4.69) is 31.7 Å². The van der Waals surface area contributed by atoms with Crippen LogP contribution in [0.5, 0.6) is 0 Å². The van der Waals surface area contributed by atoms with Crippen molar-refractivity contribution < 1.29 is 19.2 Å². The van der Waals surface area contributed by atoms with Crippen LogP contribution in [0.3, 0.4) is 0 Å². The number of benzene rings is 3. The van der Waals surface area contributed by atoms with Crippen LogP contribution in [0.25, 0.3) is 0 Å². The van der Waals surface area contributed by atoms with Crippen LogP contribution in [0.2, 0.25) is 25.1 Å². The van der Waals surface area contributed by atoms with E-state index in [1.54, 1.807) is 72.8 Å². The van der Waals surface area contributed by atoms with E-state index in [0.717, 1.165) is 0 Å². The Morgan fingerprint density at radius 2 is 0.982 bits per heavy atom. The van der Waals surface area contributed by atoms with Crippen molar-refractivity contribution in [1.29, 1.82) is 0 Å². The lowest BCUT2D eigenvalue weighted by atomic mass is 9.88. The third kappa shape index (κ3) is 8.65. The Bertz CT molecular complexity index is 2570. The van der Waals surface area contributed by atoms with E-state index in [1.165, 1.54) is 42.5 Å². The number of hydrogen-bond donors (Lipinski definition) is 4. The van der Waals surface area contributed by atoms with Gasteiger partial charge in [-0.25, -0.2) is 0 Å². The van der Waals surface area contributed by atoms with Gasteiger partial charge in [-0.15, -0.1) is 0 Å². The number of carbonyl (C=O) groups excluding carboxylic acids is 4. The predicted octanol–water partition coefficient (Wildman–Crippen LogP) is 9.63. The molecule has 15 heteroatoms. The fraction of sp³-hybridized carbons (Fsp3) is 0. The van der Waals surface area contributed by atoms with Crippen molar-refractivity contribution in [3.63, 3.8) is 0 Å². The van der Waals surface area contributed by atoms with Crippen molar-refractivity contribution >= 4 is 116 Å². The van der Waals surface area contributed by atoms with Crippen molar-refractivity contribution in [2.24, 2.45) is 10.2 Å². The van der Waals surface area contributed by atoms with E-state index >= 15 is 0 Å². The second kappa shape index (κ2) is 15.9. The minimum atomic E-state index is -0.509. The highest BCUT2D eigenvalue weighted by molar-refractivity contribution is 6.36. The van der Waals surface area contributed by atoms with Crippen LogP contribution in [0.1, 0.15) is 0 Å². The minimum absolute atomic E-state index is 0.143. The molecule has 55 heavy (non-hydrogen) atoms. The van der Waals surface area contributed by atoms with E-state index in [-0.39, 0.29) is 33.4 Å². The van der Waals surface area contributed by atoms with Gasteiger partial charge >= 0.3 is 0 Å². The largest absolute Gasteiger partial charge is 0.322 e. The predicted molar refractivity (Wildman–Crippen MR) is 221 cm³/mol. The molecule has 0 spiro atoms. The molecule has 4 N–H and O–H groups in total. The number of anilines is 4. The zero-order chi connectivity index (χ0) is 38.8. The first-order valence-electron chi connectivity index (χ1n) is 16.2. The fourth-order valence-electron chi connectivity index (χ4n) is 5.58. The number of fused-ring (bicyclic) bond motifs is 2. The van der Waals surface area contributed by atoms with Crippen molar-refractivity contribution in [3.8, 4) is 0 Å². The average Bonchev–Trinajstić information content (AvgIpc) is 3.16. The summed E-state index contributed by atoms with van der Waals surface area (Å²) in [5.74, 6) is -1.45. The van der Waals surface area contributed by atoms with Crippen LogP contribution in [0, 0.1) is 0 Å². The highest BCUT2D eigenvalue weighted by atomic mass is 35.5. The van der Waals surface area contributed by atoms with Crippen LogP contribution >= 0.6 is 58.0 Å². The molecule has 0 radical (unpaired) electrons. The molecule has 0 heterocycles. The first kappa shape index (κ1) is 37.6. The summed E-state index contributed by atoms with van der Waals surface area (Å²) in [6, 6.07) is 14.3. The molecule has 3 aromatic carbocycles. The van der Waals surface area contributed by atoms with E-state index in [1.807, 2.05) is 0 Å². The number of carbonyl (C=O) groups is 4. The summed E-state index contributed by atoms with van der Waals surface area (Å²) >= 11 is 31.4. The van der Waals surface area contributed by atoms with Gasteiger partial charge in [0.25, 0.3) is 11.8 Å². The van der Waals surface area contributed by atoms with Gasteiger partial charge in [0, 0.05) is 38.0 Å². The Balaban J connectivity index is 1.08. The number of rotatable bonds is 8. The molecule has 10 nitrogen and oxygen atoms in total. The summed E-state index contributed by atoms with van der Waals surface area (Å²) in [4.78, 5) is 51.5. The lowest BCUT2D eigenvalue weighted by Gasteiger charge is -2.20. The van der Waals surface area contributed by atoms with Gasteiger partial charge in [0.2, 0.25) is 0 Å². The molecular weight excluding hydrogens is 806 g/mol. The maximum absolute atomic E-state index is 13.5. The van der Waals surface area contributed by atoms with Gasteiger partial charge in [0.15, 0.2) is 11.6 Å². The van der Waals surface area contributed by atoms with Gasteiger partial charge in [-0.1, -0.05) is 70.2 Å². The summed E-state index contributed by atoms with van der Waals surface area (Å²) in [5.41, 5.74) is 10.5. The molecule has 0 aromatic heterocycles. The topological polar surface area (TPSA) is 141 Å². The Morgan fingerprint density at radius 3 is 1.47 bits per heavy atom. The Morgan fingerprint density at radius 1 is 0.491 bits per heavy atom. The van der Waals surface area contributed by atoms with Crippen LogP contribution in [0.15, 0.2) is 159 Å². The van der Waals surface area contributed by atoms with Crippen molar-refractivity contribution in [2.45, 2.75) is 0 Å². The zero-order valence-electron chi connectivity index (χ0n) is 27.9. The Hall–Kier alpha value is -5.75. The summed E-state index contributed by atoms with van der Waals surface area (Å²) in [6.07, 6.45) is 15.1. The molecule has 3 aromatic rings. The maximum atomic E-state index is 13.5. The quantitative estimate of drug-likeness (QED) is 0.167. The molecule has 0 saturated carbocycles. The van der Waals surface area contributed by atoms with Gasteiger partial charge in [0.05, 0.1) is 43.6 Å². The molecule has 0 fully saturated rings. The monoisotopic (exact) mass is 826 g/mol. The molecule has 4 aliphatic carbocycles. The summed E-state index contributed by atoms with van der Waals surface area (Å²) in [6.45, 7) is 0. The van der Waals surface area contributed by atoms with E-state index in [4.69, 9.17) is 58.0 Å². The van der Waals surface area contributed by atoms with Gasteiger partial charge in [-0.3, -0.25) is 30.0 Å². The van der Waals surface area contributed by atoms with Gasteiger partial charge < -0.3 is 10.6 Å². The highest BCUT2D eigenvalue weighted by Gasteiger charge is 2.25. The third-order valence-electron chi connectivity index (χ3n) is 8.26. The normalized spacial score (nSPS) is 17.3. The van der Waals surface area contributed by atoms with Crippen LogP contribution in [-0.2, 0) is 19.2 Å². The highest BCUT2D eigenvalue weighted by Crippen LogP contribution is 2.32. The number of amides is 2. The SMILES string of the molecule is O=C1C=CC2=CC(C(=O)Nc3ccc(NC(=O)C4=C/C(=N\Nc5cc(Cl)ccc5Cl)C5=CC(=O)C=CC5=C4)c(Cl)c3)=C/C(=N/Nc3cc(Cl)ccc3Cl)C2=C1. The lowest BCUT2D eigenvalue weighted by molar-refractivity contribution is -0.113. The van der Waals surface area contributed by atoms with Crippen molar-refractivity contribution in [3.05, 3.63) is 174 Å². The van der Waals surface area contributed by atoms with E-state index < -0.39 is 11.8 Å². The van der Waals surface area contributed by atoms with E-state index in [9.17, 15) is 19.2 Å². The summed E-state index contributed by atoms with van der Waals surface area (Å²) in [7, 11) is 0. The fourth-order valence-corrected chi connectivity index (χ4v) is 6.47. The van der Waals surface area contributed by atoms with Crippen LogP contribution in [-0.4, -0.2) is 34.8 Å². The zero-order valence-corrected chi connectivity index (χ0v) is 31.7. The molecule has 7 rings (SSSR count). The van der Waals surface area contributed by atoms with Crippen LogP contribution in [0.4, 0.5) is 22.7 Å². The van der Waals surface area contributed by atoms with Gasteiger partial charge in [0.1, 0.15) is 0 Å². The summed E-state index contributed by atoms with van der Waals surface area (Å²) < 4.78 is 0. The number of allylic oxidation sites excluding steroid dienone is 12. The molecule has 4 aliphatic rings. The second-order valence-corrected chi connectivity index (χ2v) is 14.1. The van der Waals surface area contributed by atoms with Gasteiger partial charge in [-0.2, -0.15) is 10.2 Å². The third-order valence-corrected chi connectivity index (χ3v) is 9.70. The summed E-state index contributed by atoms with van der Waals surface area (Å²) in [5, 5.41) is 16.2. The lowest BCUT2D eigenvalue weighted by Crippen LogP contribution is -2.21. The number of nitrogens with zero attached hydrogens (tertiary/aromatic N) is 2. The van der Waals surface area contributed by atoms with E-state index in [0.29, 0.717) is 70.9 Å². The molecule has 0 aliphatic heterocycles. The number of ketones is 2. The standard InChI is InChI=1S/C40H23Cl5N6O4/c41-24-3-8-31(43)37(15-24)50-48-35-13-22(11-20-1-6-27(52)18-29(20)35)39(54)46-26-5-10-34(33(45)17-26)47-40(55)23-12-21-2-7-28(53)19-30(21)36(14-23)49-51-38-16-25(42)4-9-32(38)44/h1-19,50-51H,(H,46,54)(H,47,55)/b48-35-,49-36+. The van der Waals surface area contributed by atoms with Crippen molar-refractivity contribution in [1.82, 2.24) is 0 Å². The molecule has 0 bridgehead atoms. The Kier molecular flexibility index (Phi) is 10.9. The molecule has 2 amide bonds. The molecule has 0 atom stereocenters. The van der Waals surface area contributed by atoms with Gasteiger partial charge in [-0.05, 0) is 114 Å². The maximum Gasteiger partial charge on any atom is 0.255 e. The molecule has 272 valence electrons. The minimum Gasteiger partial charge on any atom is -0.322 e. The first-order valence-corrected chi connectivity index (χ1v) is 18.0. The average molecular weight is 829 g/mol. The second-order valence-electron chi connectivity index (χ2n) is 12.1. The number of nitrogens with one attached hydrogen (secondary N) is 4. The smallest absolute Gasteiger partial charge is 0.255 e. The van der Waals surface area contributed by atoms with Crippen LogP contribution < -0.4 is 21.5 Å². The molecular formula is C40H23Cl5N6O4. The number of hydrogen-bond acceptors (Lipinski definition) is 8. The number of hydrazone groups is 2. The Labute approximate surface area is 338 Å². The first-order chi connectivity index (χ1) is 26.4. The van der Waals surface area contributed by atoms with Crippen molar-refractivity contribution in [2.75, 3.05) is 21.5 Å². The molecule has 0 unspecified atom stereocenters.